The van der Waals surface area contributed by atoms with Gasteiger partial charge in [-0.3, -0.25) is 0 Å². The normalized spacial score (nSPS) is 10.8. The van der Waals surface area contributed by atoms with Crippen LogP contribution >= 0.6 is 0 Å². The molecule has 2 aromatic carbocycles. The summed E-state index contributed by atoms with van der Waals surface area (Å²) >= 11 is 0. The summed E-state index contributed by atoms with van der Waals surface area (Å²) in [5, 5.41) is 3.44. The molecule has 4 heteroatoms. The standard InChI is InChI=1S/C20H28N2O2/c1-4-23-20-14-18(15-21-12-13-22(2)3)10-11-19(20)24-16-17-8-6-5-7-9-17/h5-11,14,21H,4,12-13,15-16H2,1-3H3. The smallest absolute Gasteiger partial charge is 0.161 e. The van der Waals surface area contributed by atoms with Crippen LogP contribution in [0.25, 0.3) is 0 Å². The van der Waals surface area contributed by atoms with Crippen LogP contribution in [0.4, 0.5) is 0 Å². The van der Waals surface area contributed by atoms with Gasteiger partial charge >= 0.3 is 0 Å². The van der Waals surface area contributed by atoms with Gasteiger partial charge in [0.15, 0.2) is 11.5 Å². The number of rotatable bonds is 10. The van der Waals surface area contributed by atoms with Crippen molar-refractivity contribution in [2.24, 2.45) is 0 Å². The van der Waals surface area contributed by atoms with Crippen molar-refractivity contribution >= 4 is 0 Å². The first-order chi connectivity index (χ1) is 11.7. The molecule has 0 saturated carbocycles. The summed E-state index contributed by atoms with van der Waals surface area (Å²) in [5.74, 6) is 1.60. The fourth-order valence-electron chi connectivity index (χ4n) is 2.32. The van der Waals surface area contributed by atoms with Gasteiger partial charge in [-0.1, -0.05) is 36.4 Å². The number of ether oxygens (including phenoxy) is 2. The van der Waals surface area contributed by atoms with Crippen LogP contribution in [-0.2, 0) is 13.2 Å². The molecule has 4 nitrogen and oxygen atoms in total. The molecule has 0 heterocycles. The molecule has 0 bridgehead atoms. The third-order valence-corrected chi connectivity index (χ3v) is 3.61. The van der Waals surface area contributed by atoms with E-state index in [0.717, 1.165) is 36.7 Å². The predicted molar refractivity (Wildman–Crippen MR) is 98.6 cm³/mol. The maximum atomic E-state index is 5.94. The number of hydrogen-bond donors (Lipinski definition) is 1. The Hall–Kier alpha value is -2.04. The van der Waals surface area contributed by atoms with Gasteiger partial charge in [0.1, 0.15) is 6.61 Å². The molecule has 0 aliphatic rings. The van der Waals surface area contributed by atoms with Crippen molar-refractivity contribution < 1.29 is 9.47 Å². The summed E-state index contributed by atoms with van der Waals surface area (Å²) < 4.78 is 11.7. The van der Waals surface area contributed by atoms with Gasteiger partial charge in [-0.2, -0.15) is 0 Å². The first-order valence-electron chi connectivity index (χ1n) is 8.47. The fraction of sp³-hybridized carbons (Fsp3) is 0.400. The zero-order chi connectivity index (χ0) is 17.2. The largest absolute Gasteiger partial charge is 0.490 e. The average Bonchev–Trinajstić information content (AvgIpc) is 2.59. The molecular formula is C20H28N2O2. The van der Waals surface area contributed by atoms with E-state index in [-0.39, 0.29) is 0 Å². The second-order valence-electron chi connectivity index (χ2n) is 5.97. The van der Waals surface area contributed by atoms with Gasteiger partial charge < -0.3 is 19.7 Å². The van der Waals surface area contributed by atoms with Crippen LogP contribution in [0.3, 0.4) is 0 Å². The maximum Gasteiger partial charge on any atom is 0.161 e. The highest BCUT2D eigenvalue weighted by Crippen LogP contribution is 2.29. The molecule has 0 fully saturated rings. The molecule has 0 aromatic heterocycles. The van der Waals surface area contributed by atoms with E-state index in [2.05, 4.69) is 48.6 Å². The number of hydrogen-bond acceptors (Lipinski definition) is 4. The van der Waals surface area contributed by atoms with Crippen molar-refractivity contribution in [1.82, 2.24) is 10.2 Å². The van der Waals surface area contributed by atoms with Crippen molar-refractivity contribution in [3.63, 3.8) is 0 Å². The van der Waals surface area contributed by atoms with E-state index in [1.807, 2.05) is 31.2 Å². The summed E-state index contributed by atoms with van der Waals surface area (Å²) in [6.07, 6.45) is 0. The van der Waals surface area contributed by atoms with Crippen LogP contribution < -0.4 is 14.8 Å². The summed E-state index contributed by atoms with van der Waals surface area (Å²) in [5.41, 5.74) is 2.35. The zero-order valence-electron chi connectivity index (χ0n) is 14.9. The molecule has 0 atom stereocenters. The second kappa shape index (κ2) is 9.96. The van der Waals surface area contributed by atoms with Crippen LogP contribution in [0.1, 0.15) is 18.1 Å². The zero-order valence-corrected chi connectivity index (χ0v) is 14.9. The molecule has 0 aliphatic carbocycles. The molecule has 0 aliphatic heterocycles. The van der Waals surface area contributed by atoms with Crippen LogP contribution in [-0.4, -0.2) is 38.7 Å². The summed E-state index contributed by atoms with van der Waals surface area (Å²) in [4.78, 5) is 2.17. The average molecular weight is 328 g/mol. The van der Waals surface area contributed by atoms with Gasteiger partial charge in [-0.05, 0) is 44.3 Å². The van der Waals surface area contributed by atoms with Gasteiger partial charge in [-0.15, -0.1) is 0 Å². The highest BCUT2D eigenvalue weighted by atomic mass is 16.5. The lowest BCUT2D eigenvalue weighted by atomic mass is 10.2. The van der Waals surface area contributed by atoms with Gasteiger partial charge in [0.05, 0.1) is 6.61 Å². The Kier molecular flexibility index (Phi) is 7.59. The summed E-state index contributed by atoms with van der Waals surface area (Å²) in [6, 6.07) is 16.3. The van der Waals surface area contributed by atoms with Crippen LogP contribution in [0.5, 0.6) is 11.5 Å². The molecule has 2 aromatic rings. The molecule has 0 spiro atoms. The van der Waals surface area contributed by atoms with Gasteiger partial charge in [0, 0.05) is 19.6 Å². The minimum absolute atomic E-state index is 0.543. The Bertz CT molecular complexity index is 600. The van der Waals surface area contributed by atoms with E-state index in [4.69, 9.17) is 9.47 Å². The van der Waals surface area contributed by atoms with E-state index in [0.29, 0.717) is 13.2 Å². The van der Waals surface area contributed by atoms with E-state index >= 15 is 0 Å². The Labute approximate surface area is 145 Å². The minimum atomic E-state index is 0.543. The monoisotopic (exact) mass is 328 g/mol. The van der Waals surface area contributed by atoms with E-state index in [9.17, 15) is 0 Å². The third kappa shape index (κ3) is 6.22. The van der Waals surface area contributed by atoms with Crippen LogP contribution in [0.15, 0.2) is 48.5 Å². The summed E-state index contributed by atoms with van der Waals surface area (Å²) in [7, 11) is 4.15. The number of likely N-dealkylation sites (N-methyl/N-ethyl adjacent to an activating group) is 1. The third-order valence-electron chi connectivity index (χ3n) is 3.61. The lowest BCUT2D eigenvalue weighted by Gasteiger charge is -2.14. The highest BCUT2D eigenvalue weighted by Gasteiger charge is 2.07. The van der Waals surface area contributed by atoms with Gasteiger partial charge in [0.2, 0.25) is 0 Å². The van der Waals surface area contributed by atoms with Crippen molar-refractivity contribution in [2.75, 3.05) is 33.8 Å². The summed E-state index contributed by atoms with van der Waals surface area (Å²) in [6.45, 7) is 5.97. The SMILES string of the molecule is CCOc1cc(CNCCN(C)C)ccc1OCc1ccccc1. The van der Waals surface area contributed by atoms with Gasteiger partial charge in [-0.25, -0.2) is 0 Å². The maximum absolute atomic E-state index is 5.94. The lowest BCUT2D eigenvalue weighted by Crippen LogP contribution is -2.26. The Morgan fingerprint density at radius 1 is 0.917 bits per heavy atom. The van der Waals surface area contributed by atoms with Crippen molar-refractivity contribution in [3.8, 4) is 11.5 Å². The Morgan fingerprint density at radius 3 is 2.42 bits per heavy atom. The molecule has 1 N–H and O–H groups in total. The molecule has 0 unspecified atom stereocenters. The molecule has 24 heavy (non-hydrogen) atoms. The van der Waals surface area contributed by atoms with Crippen molar-refractivity contribution in [3.05, 3.63) is 59.7 Å². The predicted octanol–water partition coefficient (Wildman–Crippen LogP) is 3.32. The Morgan fingerprint density at radius 2 is 1.71 bits per heavy atom. The van der Waals surface area contributed by atoms with E-state index < -0.39 is 0 Å². The van der Waals surface area contributed by atoms with E-state index in [1.54, 1.807) is 0 Å². The topological polar surface area (TPSA) is 33.7 Å². The Balaban J connectivity index is 1.95. The molecule has 2 rings (SSSR count). The molecule has 0 radical (unpaired) electrons. The van der Waals surface area contributed by atoms with E-state index in [1.165, 1.54) is 5.56 Å². The fourth-order valence-corrected chi connectivity index (χ4v) is 2.32. The number of nitrogens with one attached hydrogen (secondary N) is 1. The van der Waals surface area contributed by atoms with Crippen molar-refractivity contribution in [2.45, 2.75) is 20.1 Å². The first-order valence-corrected chi connectivity index (χ1v) is 8.47. The number of nitrogens with zero attached hydrogens (tertiary/aromatic N) is 1. The van der Waals surface area contributed by atoms with Gasteiger partial charge in [0.25, 0.3) is 0 Å². The first kappa shape index (κ1) is 18.3. The molecule has 0 amide bonds. The molecule has 130 valence electrons. The highest BCUT2D eigenvalue weighted by molar-refractivity contribution is 5.43. The minimum Gasteiger partial charge on any atom is -0.490 e. The lowest BCUT2D eigenvalue weighted by molar-refractivity contribution is 0.269. The quantitative estimate of drug-likeness (QED) is 0.679. The number of benzene rings is 2. The molecular weight excluding hydrogens is 300 g/mol. The molecule has 0 saturated heterocycles. The van der Waals surface area contributed by atoms with Crippen LogP contribution in [0.2, 0.25) is 0 Å². The van der Waals surface area contributed by atoms with Crippen molar-refractivity contribution in [1.29, 1.82) is 0 Å². The van der Waals surface area contributed by atoms with Crippen LogP contribution in [0, 0.1) is 0 Å². The second-order valence-corrected chi connectivity index (χ2v) is 5.97.